The predicted octanol–water partition coefficient (Wildman–Crippen LogP) is 14.7. The first-order valence-corrected chi connectivity index (χ1v) is 28.8. The summed E-state index contributed by atoms with van der Waals surface area (Å²) < 4.78 is 8.51. The molecule has 7 heterocycles. The van der Waals surface area contributed by atoms with Gasteiger partial charge < -0.3 is 13.7 Å². The predicted molar refractivity (Wildman–Crippen MR) is 336 cm³/mol. The highest BCUT2D eigenvalue weighted by Crippen LogP contribution is 2.53. The molecule has 15 rings (SSSR count). The van der Waals surface area contributed by atoms with Gasteiger partial charge in [-0.3, -0.25) is 0 Å². The van der Waals surface area contributed by atoms with E-state index in [1.807, 2.05) is 0 Å². The second kappa shape index (κ2) is 14.3. The van der Waals surface area contributed by atoms with E-state index >= 15 is 0 Å². The molecule has 5 heteroatoms. The Morgan fingerprint density at radius 1 is 0.273 bits per heavy atom. The minimum Gasteiger partial charge on any atom is -0.311 e. The summed E-state index contributed by atoms with van der Waals surface area (Å²) in [4.78, 5) is 0. The van der Waals surface area contributed by atoms with Crippen molar-refractivity contribution in [2.45, 2.75) is 157 Å². The monoisotopic (exact) mass is 1000 g/mol. The number of benzene rings is 8. The Kier molecular flexibility index (Phi) is 8.82. The molecule has 0 aliphatic carbocycles. The maximum atomic E-state index is 2.87. The summed E-state index contributed by atoms with van der Waals surface area (Å²) in [6.07, 6.45) is 0. The molecule has 0 N–H and O–H groups in total. The Morgan fingerprint density at radius 3 is 0.896 bits per heavy atom. The van der Waals surface area contributed by atoms with E-state index in [2.05, 4.69) is 254 Å². The Morgan fingerprint density at radius 2 is 0.571 bits per heavy atom. The molecule has 0 radical (unpaired) electrons. The van der Waals surface area contributed by atoms with Crippen molar-refractivity contribution in [1.29, 1.82) is 0 Å². The molecule has 3 nitrogen and oxygen atoms in total. The van der Waals surface area contributed by atoms with Crippen LogP contribution < -0.4 is 32.8 Å². The maximum Gasteiger partial charge on any atom is 0.252 e. The summed E-state index contributed by atoms with van der Waals surface area (Å²) in [7, 11) is 0. The van der Waals surface area contributed by atoms with Crippen molar-refractivity contribution in [3.05, 3.63) is 149 Å². The van der Waals surface area contributed by atoms with Crippen LogP contribution in [-0.2, 0) is 32.5 Å². The molecule has 382 valence electrons. The SMILES string of the molecule is CC(C)(C)c1cccc2c1c1c(C(C)(C)C)ccc3c1n2-c1c2c4c5c(c1-c1ccccc1)-n1c6cccc(C(C)(C)C)c6c6c(C(C)(C)C)ccc(c61)B5c1ccc(C(C)(C)C)c5c6c(C(C)(C)C)ccc(c6n-4c15)B23. The Labute approximate surface area is 456 Å². The smallest absolute Gasteiger partial charge is 0.252 e. The van der Waals surface area contributed by atoms with Gasteiger partial charge in [-0.05, 0) is 116 Å². The fraction of sp³-hybridized carbons (Fsp3) is 0.333. The van der Waals surface area contributed by atoms with Crippen LogP contribution in [0.25, 0.3) is 93.6 Å². The van der Waals surface area contributed by atoms with E-state index in [0.29, 0.717) is 0 Å². The largest absolute Gasteiger partial charge is 0.311 e. The fourth-order valence-corrected chi connectivity index (χ4v) is 15.9. The first-order chi connectivity index (χ1) is 36.1. The molecular weight excluding hydrogens is 928 g/mol. The van der Waals surface area contributed by atoms with Gasteiger partial charge in [0.15, 0.2) is 0 Å². The molecule has 0 spiro atoms. The van der Waals surface area contributed by atoms with Crippen molar-refractivity contribution in [3.8, 4) is 28.2 Å². The van der Waals surface area contributed by atoms with Crippen LogP contribution in [0.1, 0.15) is 158 Å². The van der Waals surface area contributed by atoms with Crippen molar-refractivity contribution in [1.82, 2.24) is 13.7 Å². The molecule has 4 aliphatic heterocycles. The second-order valence-electron chi connectivity index (χ2n) is 30.1. The molecule has 4 aliphatic rings. The van der Waals surface area contributed by atoms with Crippen LogP contribution in [0.3, 0.4) is 0 Å². The van der Waals surface area contributed by atoms with Gasteiger partial charge in [0.1, 0.15) is 0 Å². The van der Waals surface area contributed by atoms with Gasteiger partial charge in [-0.15, -0.1) is 0 Å². The number of fused-ring (bicyclic) bond motifs is 13. The Bertz CT molecular complexity index is 4280. The van der Waals surface area contributed by atoms with Crippen molar-refractivity contribution in [3.63, 3.8) is 0 Å². The van der Waals surface area contributed by atoms with E-state index in [0.717, 1.165) is 0 Å². The minimum absolute atomic E-state index is 0.0219. The van der Waals surface area contributed by atoms with Gasteiger partial charge >= 0.3 is 0 Å². The number of aromatic nitrogens is 3. The molecule has 11 aromatic rings. The van der Waals surface area contributed by atoms with Crippen LogP contribution in [0, 0.1) is 0 Å². The van der Waals surface area contributed by atoms with Crippen molar-refractivity contribution in [2.75, 3.05) is 0 Å². The second-order valence-corrected chi connectivity index (χ2v) is 30.1. The van der Waals surface area contributed by atoms with Gasteiger partial charge in [-0.1, -0.05) is 228 Å². The third kappa shape index (κ3) is 5.76. The molecule has 77 heavy (non-hydrogen) atoms. The van der Waals surface area contributed by atoms with E-state index < -0.39 is 0 Å². The topological polar surface area (TPSA) is 14.8 Å². The summed E-state index contributed by atoms with van der Waals surface area (Å²) in [6.45, 7) is 43.6. The van der Waals surface area contributed by atoms with Gasteiger partial charge in [-0.2, -0.15) is 0 Å². The molecule has 0 fully saturated rings. The summed E-state index contributed by atoms with van der Waals surface area (Å²) >= 11 is 0. The highest BCUT2D eigenvalue weighted by molar-refractivity contribution is 7.04. The first-order valence-electron chi connectivity index (χ1n) is 28.8. The fourth-order valence-electron chi connectivity index (χ4n) is 15.9. The van der Waals surface area contributed by atoms with E-state index in [1.165, 1.54) is 160 Å². The van der Waals surface area contributed by atoms with E-state index in [-0.39, 0.29) is 45.9 Å². The number of rotatable bonds is 1. The van der Waals surface area contributed by atoms with Crippen LogP contribution in [0.2, 0.25) is 0 Å². The van der Waals surface area contributed by atoms with Crippen molar-refractivity contribution >= 4 is 112 Å². The molecule has 3 aromatic heterocycles. The first kappa shape index (κ1) is 47.5. The summed E-state index contributed by atoms with van der Waals surface area (Å²) in [5.74, 6) is 0. The Hall–Kier alpha value is -6.71. The molecule has 0 unspecified atom stereocenters. The third-order valence-corrected chi connectivity index (χ3v) is 18.9. The highest BCUT2D eigenvalue weighted by atomic mass is 15.1. The molecule has 0 amide bonds. The van der Waals surface area contributed by atoms with Crippen molar-refractivity contribution in [2.24, 2.45) is 0 Å². The number of hydrogen-bond donors (Lipinski definition) is 0. The normalized spacial score (nSPS) is 14.8. The van der Waals surface area contributed by atoms with Gasteiger partial charge in [0.05, 0.1) is 22.4 Å². The zero-order valence-corrected chi connectivity index (χ0v) is 49.0. The molecule has 0 atom stereocenters. The van der Waals surface area contributed by atoms with Crippen LogP contribution >= 0.6 is 0 Å². The van der Waals surface area contributed by atoms with E-state index in [1.54, 1.807) is 0 Å². The summed E-state index contributed by atoms with van der Waals surface area (Å²) in [6, 6.07) is 46.6. The number of hydrogen-bond acceptors (Lipinski definition) is 0. The van der Waals surface area contributed by atoms with Crippen molar-refractivity contribution < 1.29 is 0 Å². The zero-order chi connectivity index (χ0) is 54.1. The standard InChI is InChI=1S/C72H73B2N3/c1-67(2,3)39-26-22-28-49-52(39)54-41(69(7,8)9)30-34-45-60(54)75(49)64-51(38-24-20-19-21-25-38)65-59-66-58(64)73(45)47-36-32-43(71(13,14)15)56-57-44(72(16,17)18)33-37-48(63(57)77(66)62(47)56)74(59)46-35-31-42(70(10,11)12)55-53-40(68(4,5)6)27-23-29-50(53)76(65)61(46)55/h19-37H,1-18H3. The number of nitrogens with zero attached hydrogens (tertiary/aromatic N) is 3. The van der Waals surface area contributed by atoms with Gasteiger partial charge in [-0.25, -0.2) is 0 Å². The summed E-state index contributed by atoms with van der Waals surface area (Å²) in [5, 5.41) is 8.52. The van der Waals surface area contributed by atoms with E-state index in [9.17, 15) is 0 Å². The lowest BCUT2D eigenvalue weighted by atomic mass is 9.29. The average molecular weight is 1000 g/mol. The average Bonchev–Trinajstić information content (AvgIpc) is 4.10. The van der Waals surface area contributed by atoms with Crippen LogP contribution in [0.4, 0.5) is 0 Å². The zero-order valence-electron chi connectivity index (χ0n) is 49.0. The molecule has 0 saturated heterocycles. The van der Waals surface area contributed by atoms with Gasteiger partial charge in [0.25, 0.3) is 13.4 Å². The van der Waals surface area contributed by atoms with Crippen LogP contribution in [-0.4, -0.2) is 27.1 Å². The lowest BCUT2D eigenvalue weighted by Crippen LogP contribution is -2.67. The van der Waals surface area contributed by atoms with Crippen LogP contribution in [0.15, 0.2) is 115 Å². The third-order valence-electron chi connectivity index (χ3n) is 18.9. The van der Waals surface area contributed by atoms with Crippen LogP contribution in [0.5, 0.6) is 0 Å². The molecule has 8 aromatic carbocycles. The highest BCUT2D eigenvalue weighted by Gasteiger charge is 2.52. The maximum absolute atomic E-state index is 2.87. The minimum atomic E-state index is -0.116. The molecule has 0 bridgehead atoms. The van der Waals surface area contributed by atoms with Gasteiger partial charge in [0.2, 0.25) is 0 Å². The molecule has 0 saturated carbocycles. The lowest BCUT2D eigenvalue weighted by molar-refractivity contribution is 0.592. The van der Waals surface area contributed by atoms with Gasteiger partial charge in [0, 0.05) is 65.6 Å². The molecular formula is C72H73B2N3. The lowest BCUT2D eigenvalue weighted by Gasteiger charge is -2.43. The quantitative estimate of drug-likeness (QED) is 0.146. The summed E-state index contributed by atoms with van der Waals surface area (Å²) in [5.41, 5.74) is 31.2. The van der Waals surface area contributed by atoms with E-state index in [4.69, 9.17) is 0 Å². The Balaban J connectivity index is 1.31.